The first-order valence-electron chi connectivity index (χ1n) is 8.37. The van der Waals surface area contributed by atoms with Crippen LogP contribution < -0.4 is 5.32 Å². The summed E-state index contributed by atoms with van der Waals surface area (Å²) in [4.78, 5) is 21.5. The Morgan fingerprint density at radius 2 is 1.88 bits per heavy atom. The highest BCUT2D eigenvalue weighted by Gasteiger charge is 2.22. The van der Waals surface area contributed by atoms with Crippen LogP contribution in [0.5, 0.6) is 0 Å². The van der Waals surface area contributed by atoms with E-state index in [1.165, 1.54) is 0 Å². The monoisotopic (exact) mass is 333 g/mol. The molecule has 0 saturated heterocycles. The molecule has 0 atom stereocenters. The second-order valence-electron chi connectivity index (χ2n) is 5.98. The Balaban J connectivity index is 2.05. The third-order valence-electron chi connectivity index (χ3n) is 4.38. The summed E-state index contributed by atoms with van der Waals surface area (Å²) in [6.45, 7) is 2.67. The van der Waals surface area contributed by atoms with E-state index in [-0.39, 0.29) is 5.91 Å². The van der Waals surface area contributed by atoms with Crippen LogP contribution in [0.4, 0.5) is 0 Å². The van der Waals surface area contributed by atoms with E-state index in [0.29, 0.717) is 18.2 Å². The number of carbonyl (C=O) groups is 1. The zero-order valence-electron chi connectivity index (χ0n) is 14.2. The van der Waals surface area contributed by atoms with Crippen LogP contribution in [-0.2, 0) is 7.05 Å². The average molecular weight is 333 g/mol. The molecule has 0 aliphatic heterocycles. The highest BCUT2D eigenvalue weighted by molar-refractivity contribution is 6.10. The van der Waals surface area contributed by atoms with Gasteiger partial charge in [0.05, 0.1) is 16.6 Å². The largest absolute Gasteiger partial charge is 0.351 e. The highest BCUT2D eigenvalue weighted by Crippen LogP contribution is 2.32. The molecule has 3 heterocycles. The van der Waals surface area contributed by atoms with Crippen molar-refractivity contribution in [2.24, 2.45) is 7.05 Å². The van der Waals surface area contributed by atoms with Crippen molar-refractivity contribution < 1.29 is 4.79 Å². The smallest absolute Gasteiger partial charge is 0.268 e. The first-order valence-corrected chi connectivity index (χ1v) is 8.37. The van der Waals surface area contributed by atoms with E-state index >= 15 is 0 Å². The SMILES string of the molecule is CCCNC(=O)c1cc2c(c3ccccc3n2C)n1-c1ncccn1. The summed E-state index contributed by atoms with van der Waals surface area (Å²) in [5.41, 5.74) is 3.59. The number of aromatic nitrogens is 4. The first-order chi connectivity index (χ1) is 12.2. The number of nitrogens with zero attached hydrogens (tertiary/aromatic N) is 4. The Morgan fingerprint density at radius 3 is 2.64 bits per heavy atom. The van der Waals surface area contributed by atoms with E-state index in [0.717, 1.165) is 28.4 Å². The van der Waals surface area contributed by atoms with E-state index in [1.54, 1.807) is 18.5 Å². The number of amides is 1. The molecule has 25 heavy (non-hydrogen) atoms. The quantitative estimate of drug-likeness (QED) is 0.624. The van der Waals surface area contributed by atoms with E-state index in [1.807, 2.05) is 36.7 Å². The normalized spacial score (nSPS) is 11.3. The molecule has 4 rings (SSSR count). The van der Waals surface area contributed by atoms with Crippen LogP contribution in [-0.4, -0.2) is 31.6 Å². The molecule has 126 valence electrons. The summed E-state index contributed by atoms with van der Waals surface area (Å²) in [5, 5.41) is 4.02. The minimum Gasteiger partial charge on any atom is -0.351 e. The van der Waals surface area contributed by atoms with Gasteiger partial charge in [-0.05, 0) is 24.6 Å². The fourth-order valence-electron chi connectivity index (χ4n) is 3.22. The summed E-state index contributed by atoms with van der Waals surface area (Å²) >= 11 is 0. The molecule has 0 aliphatic carbocycles. The van der Waals surface area contributed by atoms with Gasteiger partial charge in [0, 0.05) is 31.4 Å². The number of aryl methyl sites for hydroxylation is 1. The van der Waals surface area contributed by atoms with Gasteiger partial charge in [-0.1, -0.05) is 25.1 Å². The van der Waals surface area contributed by atoms with Gasteiger partial charge in [0.15, 0.2) is 0 Å². The first kappa shape index (κ1) is 15.4. The van der Waals surface area contributed by atoms with Gasteiger partial charge in [-0.15, -0.1) is 0 Å². The maximum absolute atomic E-state index is 12.7. The van der Waals surface area contributed by atoms with Gasteiger partial charge in [0.25, 0.3) is 5.91 Å². The average Bonchev–Trinajstić information content (AvgIpc) is 3.17. The predicted molar refractivity (Wildman–Crippen MR) is 98.0 cm³/mol. The molecule has 0 fully saturated rings. The fourth-order valence-corrected chi connectivity index (χ4v) is 3.22. The molecular weight excluding hydrogens is 314 g/mol. The summed E-state index contributed by atoms with van der Waals surface area (Å²) in [6.07, 6.45) is 4.26. The minimum atomic E-state index is -0.116. The minimum absolute atomic E-state index is 0.116. The van der Waals surface area contributed by atoms with E-state index in [2.05, 4.69) is 32.0 Å². The number of hydrogen-bond donors (Lipinski definition) is 1. The molecule has 0 aliphatic rings. The third-order valence-corrected chi connectivity index (χ3v) is 4.38. The lowest BCUT2D eigenvalue weighted by Gasteiger charge is -2.09. The van der Waals surface area contributed by atoms with Crippen molar-refractivity contribution in [3.8, 4) is 5.95 Å². The second-order valence-corrected chi connectivity index (χ2v) is 5.98. The molecule has 0 saturated carbocycles. The standard InChI is InChI=1S/C19H19N5O/c1-3-9-20-18(25)16-12-15-17(24(16)19-21-10-6-11-22-19)13-7-4-5-8-14(13)23(15)2/h4-8,10-12H,3,9H2,1-2H3,(H,20,25). The van der Waals surface area contributed by atoms with Crippen molar-refractivity contribution in [3.63, 3.8) is 0 Å². The van der Waals surface area contributed by atoms with Crippen LogP contribution in [0.3, 0.4) is 0 Å². The fraction of sp³-hybridized carbons (Fsp3) is 0.211. The lowest BCUT2D eigenvalue weighted by molar-refractivity contribution is 0.0947. The van der Waals surface area contributed by atoms with Crippen molar-refractivity contribution in [1.29, 1.82) is 0 Å². The number of fused-ring (bicyclic) bond motifs is 3. The van der Waals surface area contributed by atoms with Gasteiger partial charge in [0.2, 0.25) is 5.95 Å². The van der Waals surface area contributed by atoms with Crippen LogP contribution in [0.25, 0.3) is 27.9 Å². The Morgan fingerprint density at radius 1 is 1.12 bits per heavy atom. The van der Waals surface area contributed by atoms with E-state index in [4.69, 9.17) is 0 Å². The Bertz CT molecular complexity index is 1060. The number of benzene rings is 1. The molecule has 1 amide bonds. The van der Waals surface area contributed by atoms with Crippen molar-refractivity contribution in [3.05, 3.63) is 54.5 Å². The number of nitrogens with one attached hydrogen (secondary N) is 1. The number of carbonyl (C=O) groups excluding carboxylic acids is 1. The molecule has 6 nitrogen and oxygen atoms in total. The Labute approximate surface area is 145 Å². The van der Waals surface area contributed by atoms with Gasteiger partial charge in [-0.25, -0.2) is 9.97 Å². The molecule has 0 spiro atoms. The number of rotatable bonds is 4. The third kappa shape index (κ3) is 2.38. The number of hydrogen-bond acceptors (Lipinski definition) is 3. The van der Waals surface area contributed by atoms with Gasteiger partial charge < -0.3 is 9.88 Å². The van der Waals surface area contributed by atoms with Gasteiger partial charge in [-0.2, -0.15) is 0 Å². The molecule has 1 aromatic carbocycles. The Hall–Kier alpha value is -3.15. The zero-order valence-corrected chi connectivity index (χ0v) is 14.2. The summed E-state index contributed by atoms with van der Waals surface area (Å²) in [5.74, 6) is 0.380. The van der Waals surface area contributed by atoms with Gasteiger partial charge >= 0.3 is 0 Å². The lowest BCUT2D eigenvalue weighted by Crippen LogP contribution is -2.26. The summed E-state index contributed by atoms with van der Waals surface area (Å²) < 4.78 is 3.95. The van der Waals surface area contributed by atoms with Crippen LogP contribution in [0, 0.1) is 0 Å². The molecular formula is C19H19N5O. The van der Waals surface area contributed by atoms with E-state index in [9.17, 15) is 4.79 Å². The van der Waals surface area contributed by atoms with E-state index < -0.39 is 0 Å². The van der Waals surface area contributed by atoms with Crippen molar-refractivity contribution in [2.45, 2.75) is 13.3 Å². The molecule has 0 unspecified atom stereocenters. The summed E-state index contributed by atoms with van der Waals surface area (Å²) in [7, 11) is 2.01. The van der Waals surface area contributed by atoms with Crippen molar-refractivity contribution in [2.75, 3.05) is 6.54 Å². The van der Waals surface area contributed by atoms with Crippen LogP contribution in [0.15, 0.2) is 48.8 Å². The van der Waals surface area contributed by atoms with Crippen molar-refractivity contribution >= 4 is 27.8 Å². The van der Waals surface area contributed by atoms with Crippen molar-refractivity contribution in [1.82, 2.24) is 24.4 Å². The molecule has 0 bridgehead atoms. The van der Waals surface area contributed by atoms with Gasteiger partial charge in [0.1, 0.15) is 5.69 Å². The van der Waals surface area contributed by atoms with Crippen LogP contribution in [0.2, 0.25) is 0 Å². The molecule has 3 aromatic heterocycles. The summed E-state index contributed by atoms with van der Waals surface area (Å²) in [6, 6.07) is 11.8. The molecule has 6 heteroatoms. The highest BCUT2D eigenvalue weighted by atomic mass is 16.1. The maximum Gasteiger partial charge on any atom is 0.268 e. The predicted octanol–water partition coefficient (Wildman–Crippen LogP) is 3.05. The number of para-hydroxylation sites is 1. The van der Waals surface area contributed by atoms with Crippen LogP contribution >= 0.6 is 0 Å². The topological polar surface area (TPSA) is 64.7 Å². The second kappa shape index (κ2) is 6.05. The van der Waals surface area contributed by atoms with Crippen LogP contribution in [0.1, 0.15) is 23.8 Å². The molecule has 0 radical (unpaired) electrons. The van der Waals surface area contributed by atoms with Gasteiger partial charge in [-0.3, -0.25) is 9.36 Å². The maximum atomic E-state index is 12.7. The molecule has 1 N–H and O–H groups in total. The Kier molecular flexibility index (Phi) is 3.72. The lowest BCUT2D eigenvalue weighted by atomic mass is 10.2. The zero-order chi connectivity index (χ0) is 17.4. The molecule has 4 aromatic rings.